The first-order valence-corrected chi connectivity index (χ1v) is 13.8. The molecule has 202 valence electrons. The number of allylic oxidation sites excluding steroid dienone is 1. The standard InChI is InChI=1S/C31H44N2O4/c1-2-3-4-11-14-28(37-31(35)25-17-19-26(32)20-18-25)15-12-9-7-5-6-8-10-13-16-30(34)36-29-23-21-27(33)22-24-29/h9,12,17-24,28H,2-8,10-11,13-16,32-33H2,1H3/b12-9-/t28-/m1/s1. The quantitative estimate of drug-likeness (QED) is 0.0705. The van der Waals surface area contributed by atoms with Crippen molar-refractivity contribution in [1.29, 1.82) is 0 Å². The molecular weight excluding hydrogens is 464 g/mol. The molecule has 4 N–H and O–H groups in total. The molecule has 6 nitrogen and oxygen atoms in total. The lowest BCUT2D eigenvalue weighted by Crippen LogP contribution is -2.18. The maximum absolute atomic E-state index is 12.5. The summed E-state index contributed by atoms with van der Waals surface area (Å²) in [6.45, 7) is 2.19. The Morgan fingerprint density at radius 2 is 1.41 bits per heavy atom. The van der Waals surface area contributed by atoms with Crippen LogP contribution in [0.4, 0.5) is 11.4 Å². The number of anilines is 2. The van der Waals surface area contributed by atoms with Crippen molar-refractivity contribution in [3.05, 3.63) is 66.2 Å². The van der Waals surface area contributed by atoms with Crippen molar-refractivity contribution < 1.29 is 19.1 Å². The summed E-state index contributed by atoms with van der Waals surface area (Å²) in [6, 6.07) is 13.7. The predicted octanol–water partition coefficient (Wildman–Crippen LogP) is 7.63. The number of hydrogen-bond donors (Lipinski definition) is 2. The molecule has 0 heterocycles. The maximum Gasteiger partial charge on any atom is 0.338 e. The van der Waals surface area contributed by atoms with Crippen molar-refractivity contribution in [1.82, 2.24) is 0 Å². The molecule has 0 spiro atoms. The van der Waals surface area contributed by atoms with Gasteiger partial charge in [0.1, 0.15) is 11.9 Å². The normalized spacial score (nSPS) is 11.9. The van der Waals surface area contributed by atoms with E-state index in [1.54, 1.807) is 48.5 Å². The smallest absolute Gasteiger partial charge is 0.338 e. The van der Waals surface area contributed by atoms with Gasteiger partial charge in [0.15, 0.2) is 0 Å². The van der Waals surface area contributed by atoms with Crippen molar-refractivity contribution in [2.75, 3.05) is 11.5 Å². The summed E-state index contributed by atoms with van der Waals surface area (Å²) in [7, 11) is 0. The Morgan fingerprint density at radius 3 is 2.11 bits per heavy atom. The molecule has 1 atom stereocenters. The second-order valence-electron chi connectivity index (χ2n) is 9.56. The van der Waals surface area contributed by atoms with Crippen LogP contribution in [0.5, 0.6) is 5.75 Å². The van der Waals surface area contributed by atoms with Gasteiger partial charge in [-0.05, 0) is 80.6 Å². The van der Waals surface area contributed by atoms with Gasteiger partial charge in [0.25, 0.3) is 0 Å². The molecule has 0 aliphatic carbocycles. The van der Waals surface area contributed by atoms with Crippen LogP contribution in [0.1, 0.15) is 101 Å². The first-order valence-electron chi connectivity index (χ1n) is 13.8. The maximum atomic E-state index is 12.5. The van der Waals surface area contributed by atoms with Crippen LogP contribution in [-0.2, 0) is 9.53 Å². The lowest BCUT2D eigenvalue weighted by atomic mass is 10.1. The molecule has 0 saturated carbocycles. The number of nitrogen functional groups attached to an aromatic ring is 2. The molecule has 0 saturated heterocycles. The summed E-state index contributed by atoms with van der Waals surface area (Å²) in [5, 5.41) is 0. The molecule has 0 fully saturated rings. The zero-order valence-corrected chi connectivity index (χ0v) is 22.3. The third-order valence-corrected chi connectivity index (χ3v) is 6.23. The highest BCUT2D eigenvalue weighted by atomic mass is 16.5. The molecule has 2 aromatic rings. The molecule has 0 aliphatic heterocycles. The number of carbonyl (C=O) groups is 2. The molecular formula is C31H44N2O4. The third kappa shape index (κ3) is 13.6. The molecule has 2 aromatic carbocycles. The minimum atomic E-state index is -0.286. The number of nitrogens with two attached hydrogens (primary N) is 2. The zero-order chi connectivity index (χ0) is 26.7. The van der Waals surface area contributed by atoms with Crippen LogP contribution in [-0.4, -0.2) is 18.0 Å². The van der Waals surface area contributed by atoms with Crippen molar-refractivity contribution >= 4 is 23.3 Å². The van der Waals surface area contributed by atoms with E-state index in [2.05, 4.69) is 19.1 Å². The minimum Gasteiger partial charge on any atom is -0.458 e. The van der Waals surface area contributed by atoms with Crippen LogP contribution in [0.25, 0.3) is 0 Å². The van der Waals surface area contributed by atoms with Gasteiger partial charge in [0, 0.05) is 24.2 Å². The summed E-state index contributed by atoms with van der Waals surface area (Å²) >= 11 is 0. The highest BCUT2D eigenvalue weighted by molar-refractivity contribution is 5.89. The van der Waals surface area contributed by atoms with Gasteiger partial charge in [-0.2, -0.15) is 0 Å². The van der Waals surface area contributed by atoms with Crippen LogP contribution in [0.15, 0.2) is 60.7 Å². The Balaban J connectivity index is 1.59. The van der Waals surface area contributed by atoms with Gasteiger partial charge < -0.3 is 20.9 Å². The number of unbranched alkanes of at least 4 members (excludes halogenated alkanes) is 8. The number of benzene rings is 2. The van der Waals surface area contributed by atoms with Gasteiger partial charge in [0.05, 0.1) is 5.56 Å². The molecule has 0 amide bonds. The lowest BCUT2D eigenvalue weighted by Gasteiger charge is -2.16. The fourth-order valence-electron chi connectivity index (χ4n) is 4.01. The average Bonchev–Trinajstić information content (AvgIpc) is 2.89. The molecule has 2 rings (SSSR count). The molecule has 6 heteroatoms. The largest absolute Gasteiger partial charge is 0.458 e. The molecule has 0 bridgehead atoms. The number of ether oxygens (including phenoxy) is 2. The zero-order valence-electron chi connectivity index (χ0n) is 22.3. The molecule has 0 aliphatic rings. The summed E-state index contributed by atoms with van der Waals surface area (Å²) in [5.74, 6) is 0.0505. The monoisotopic (exact) mass is 508 g/mol. The number of carbonyl (C=O) groups excluding carboxylic acids is 2. The summed E-state index contributed by atoms with van der Waals surface area (Å²) in [5.41, 5.74) is 13.2. The summed E-state index contributed by atoms with van der Waals surface area (Å²) in [6.07, 6.45) is 17.1. The SMILES string of the molecule is CCCCCC[C@H](C/C=C\CCCCCCCC(=O)Oc1ccc(N)cc1)OC(=O)c1ccc(N)cc1. The number of hydrogen-bond acceptors (Lipinski definition) is 6. The van der Waals surface area contributed by atoms with Gasteiger partial charge >= 0.3 is 11.9 Å². The van der Waals surface area contributed by atoms with Crippen LogP contribution in [0.2, 0.25) is 0 Å². The predicted molar refractivity (Wildman–Crippen MR) is 151 cm³/mol. The van der Waals surface area contributed by atoms with Crippen molar-refractivity contribution in [2.24, 2.45) is 0 Å². The Hall–Kier alpha value is -3.28. The van der Waals surface area contributed by atoms with E-state index in [1.165, 1.54) is 12.8 Å². The first kappa shape index (κ1) is 29.9. The van der Waals surface area contributed by atoms with E-state index in [4.69, 9.17) is 20.9 Å². The fourth-order valence-corrected chi connectivity index (χ4v) is 4.01. The van der Waals surface area contributed by atoms with Gasteiger partial charge in [-0.25, -0.2) is 4.79 Å². The van der Waals surface area contributed by atoms with Crippen LogP contribution in [0, 0.1) is 0 Å². The highest BCUT2D eigenvalue weighted by Gasteiger charge is 2.15. The van der Waals surface area contributed by atoms with E-state index in [9.17, 15) is 9.59 Å². The van der Waals surface area contributed by atoms with Gasteiger partial charge in [-0.1, -0.05) is 57.6 Å². The summed E-state index contributed by atoms with van der Waals surface area (Å²) in [4.78, 5) is 24.5. The molecule has 0 radical (unpaired) electrons. The second-order valence-corrected chi connectivity index (χ2v) is 9.56. The average molecular weight is 509 g/mol. The van der Waals surface area contributed by atoms with Crippen molar-refractivity contribution in [2.45, 2.75) is 96.5 Å². The Bertz CT molecular complexity index is 939. The topological polar surface area (TPSA) is 105 Å². The Labute approximate surface area is 222 Å². The van der Waals surface area contributed by atoms with Gasteiger partial charge in [-0.15, -0.1) is 0 Å². The molecule has 37 heavy (non-hydrogen) atoms. The fraction of sp³-hybridized carbons (Fsp3) is 0.484. The van der Waals surface area contributed by atoms with Crippen LogP contribution < -0.4 is 16.2 Å². The van der Waals surface area contributed by atoms with E-state index in [0.717, 1.165) is 64.2 Å². The summed E-state index contributed by atoms with van der Waals surface area (Å²) < 4.78 is 11.1. The highest BCUT2D eigenvalue weighted by Crippen LogP contribution is 2.17. The van der Waals surface area contributed by atoms with E-state index in [1.807, 2.05) is 0 Å². The van der Waals surface area contributed by atoms with Crippen molar-refractivity contribution in [3.63, 3.8) is 0 Å². The van der Waals surface area contributed by atoms with E-state index >= 15 is 0 Å². The van der Waals surface area contributed by atoms with E-state index in [0.29, 0.717) is 29.1 Å². The van der Waals surface area contributed by atoms with Crippen LogP contribution >= 0.6 is 0 Å². The van der Waals surface area contributed by atoms with Crippen LogP contribution in [0.3, 0.4) is 0 Å². The van der Waals surface area contributed by atoms with E-state index in [-0.39, 0.29) is 18.0 Å². The van der Waals surface area contributed by atoms with E-state index < -0.39 is 0 Å². The Kier molecular flexibility index (Phi) is 14.6. The molecule has 0 unspecified atom stereocenters. The number of rotatable bonds is 18. The van der Waals surface area contributed by atoms with Crippen molar-refractivity contribution in [3.8, 4) is 5.75 Å². The molecule has 0 aromatic heterocycles. The first-order chi connectivity index (χ1) is 18.0. The Morgan fingerprint density at radius 1 is 0.784 bits per heavy atom. The van der Waals surface area contributed by atoms with Gasteiger partial charge in [-0.3, -0.25) is 4.79 Å². The minimum absolute atomic E-state index is 0.105. The second kappa shape index (κ2) is 18.0. The van der Waals surface area contributed by atoms with Gasteiger partial charge in [0.2, 0.25) is 0 Å². The number of esters is 2. The lowest BCUT2D eigenvalue weighted by molar-refractivity contribution is -0.134. The third-order valence-electron chi connectivity index (χ3n) is 6.23.